The van der Waals surface area contributed by atoms with Gasteiger partial charge >= 0.3 is 12.1 Å². The summed E-state index contributed by atoms with van der Waals surface area (Å²) in [6.45, 7) is 12.7. The molecule has 8 nitrogen and oxygen atoms in total. The molecular formula is C29H46N2O6. The van der Waals surface area contributed by atoms with Crippen molar-refractivity contribution in [2.24, 2.45) is 0 Å². The van der Waals surface area contributed by atoms with Crippen LogP contribution in [0.1, 0.15) is 91.5 Å². The van der Waals surface area contributed by atoms with E-state index in [1.165, 1.54) is 0 Å². The average Bonchev–Trinajstić information content (AvgIpc) is 2.83. The lowest BCUT2D eigenvalue weighted by molar-refractivity contribution is -0.158. The molecule has 3 rings (SSSR count). The van der Waals surface area contributed by atoms with E-state index in [1.807, 2.05) is 39.0 Å². The smallest absolute Gasteiger partial charge is 0.407 e. The molecule has 1 aliphatic carbocycles. The molecule has 1 amide bonds. The Labute approximate surface area is 222 Å². The molecule has 2 aliphatic rings. The number of ether oxygens (including phenoxy) is 4. The third-order valence-electron chi connectivity index (χ3n) is 6.96. The normalized spacial score (nSPS) is 24.7. The number of amides is 1. The van der Waals surface area contributed by atoms with Gasteiger partial charge in [-0.25, -0.2) is 9.59 Å². The third-order valence-corrected chi connectivity index (χ3v) is 6.96. The van der Waals surface area contributed by atoms with Gasteiger partial charge in [0.25, 0.3) is 0 Å². The number of nitrogens with one attached hydrogen (secondary N) is 2. The van der Waals surface area contributed by atoms with Crippen LogP contribution in [0.4, 0.5) is 4.79 Å². The number of benzene rings is 1. The summed E-state index contributed by atoms with van der Waals surface area (Å²) in [7, 11) is 0. The Hall–Kier alpha value is -2.32. The molecule has 1 saturated carbocycles. The highest BCUT2D eigenvalue weighted by Gasteiger charge is 2.34. The van der Waals surface area contributed by atoms with Crippen LogP contribution >= 0.6 is 0 Å². The Morgan fingerprint density at radius 1 is 1.03 bits per heavy atom. The van der Waals surface area contributed by atoms with E-state index in [-0.39, 0.29) is 30.3 Å². The molecule has 1 aromatic rings. The molecule has 0 radical (unpaired) electrons. The van der Waals surface area contributed by atoms with E-state index in [9.17, 15) is 9.59 Å². The number of alkyl carbamates (subject to hydrolysis) is 1. The summed E-state index contributed by atoms with van der Waals surface area (Å²) in [6.07, 6.45) is 5.62. The number of rotatable bonds is 9. The maximum absolute atomic E-state index is 12.3. The van der Waals surface area contributed by atoms with E-state index in [0.29, 0.717) is 19.1 Å². The lowest BCUT2D eigenvalue weighted by Crippen LogP contribution is -2.56. The Bertz CT molecular complexity index is 889. The molecule has 2 N–H and O–H groups in total. The van der Waals surface area contributed by atoms with Gasteiger partial charge in [-0.05, 0) is 104 Å². The van der Waals surface area contributed by atoms with Crippen LogP contribution in [-0.4, -0.2) is 61.2 Å². The number of piperidine rings is 1. The largest absolute Gasteiger partial charge is 0.476 e. The van der Waals surface area contributed by atoms with Gasteiger partial charge in [0, 0.05) is 6.04 Å². The quantitative estimate of drug-likeness (QED) is 0.440. The average molecular weight is 519 g/mol. The molecule has 208 valence electrons. The van der Waals surface area contributed by atoms with Crippen LogP contribution in [0.5, 0.6) is 5.75 Å². The van der Waals surface area contributed by atoms with Gasteiger partial charge < -0.3 is 29.6 Å². The van der Waals surface area contributed by atoms with Crippen LogP contribution in [0.25, 0.3) is 0 Å². The summed E-state index contributed by atoms with van der Waals surface area (Å²) in [5, 5.41) is 6.54. The second-order valence-electron chi connectivity index (χ2n) is 11.6. The van der Waals surface area contributed by atoms with Gasteiger partial charge in [-0.1, -0.05) is 18.2 Å². The van der Waals surface area contributed by atoms with Crippen molar-refractivity contribution >= 4 is 12.1 Å². The van der Waals surface area contributed by atoms with Gasteiger partial charge in [0.15, 0.2) is 5.60 Å². The number of hydrogen-bond acceptors (Lipinski definition) is 7. The number of esters is 1. The Morgan fingerprint density at radius 2 is 1.73 bits per heavy atom. The summed E-state index contributed by atoms with van der Waals surface area (Å²) in [6, 6.07) is 8.06. The van der Waals surface area contributed by atoms with Gasteiger partial charge in [-0.15, -0.1) is 0 Å². The van der Waals surface area contributed by atoms with Crippen molar-refractivity contribution in [3.05, 3.63) is 29.8 Å². The Kier molecular flexibility index (Phi) is 10.2. The van der Waals surface area contributed by atoms with Gasteiger partial charge in [-0.3, -0.25) is 0 Å². The molecular weight excluding hydrogens is 472 g/mol. The van der Waals surface area contributed by atoms with E-state index < -0.39 is 11.2 Å². The topological polar surface area (TPSA) is 95.1 Å². The fourth-order valence-corrected chi connectivity index (χ4v) is 5.07. The lowest BCUT2D eigenvalue weighted by Gasteiger charge is -2.36. The molecule has 1 heterocycles. The van der Waals surface area contributed by atoms with Gasteiger partial charge in [0.1, 0.15) is 11.4 Å². The van der Waals surface area contributed by atoms with Gasteiger partial charge in [0.05, 0.1) is 25.4 Å². The SMILES string of the molecule is CCOC(=O)C(C)(C)Oc1ccccc1C1CCC(OCC2NCCCC2NC(=O)OC(C)(C)C)CC1. The van der Waals surface area contributed by atoms with Crippen LogP contribution in [0.2, 0.25) is 0 Å². The number of hydrogen-bond donors (Lipinski definition) is 2. The van der Waals surface area contributed by atoms with Crippen LogP contribution in [0.3, 0.4) is 0 Å². The van der Waals surface area contributed by atoms with Crippen molar-refractivity contribution in [3.63, 3.8) is 0 Å². The summed E-state index contributed by atoms with van der Waals surface area (Å²) >= 11 is 0. The monoisotopic (exact) mass is 518 g/mol. The van der Waals surface area contributed by atoms with E-state index in [0.717, 1.165) is 56.4 Å². The summed E-state index contributed by atoms with van der Waals surface area (Å²) in [5.74, 6) is 0.730. The number of carbonyl (C=O) groups is 2. The Balaban J connectivity index is 1.52. The molecule has 0 spiro atoms. The molecule has 2 unspecified atom stereocenters. The predicted molar refractivity (Wildman–Crippen MR) is 143 cm³/mol. The molecule has 2 atom stereocenters. The molecule has 0 bridgehead atoms. The van der Waals surface area contributed by atoms with Crippen LogP contribution in [-0.2, 0) is 19.0 Å². The van der Waals surface area contributed by atoms with Crippen molar-refractivity contribution in [3.8, 4) is 5.75 Å². The summed E-state index contributed by atoms with van der Waals surface area (Å²) in [4.78, 5) is 24.6. The minimum Gasteiger partial charge on any atom is -0.476 e. The maximum atomic E-state index is 12.3. The van der Waals surface area contributed by atoms with Gasteiger partial charge in [0.2, 0.25) is 0 Å². The molecule has 0 aromatic heterocycles. The first-order valence-electron chi connectivity index (χ1n) is 13.8. The molecule has 2 fully saturated rings. The first kappa shape index (κ1) is 29.2. The second-order valence-corrected chi connectivity index (χ2v) is 11.6. The van der Waals surface area contributed by atoms with Crippen LogP contribution < -0.4 is 15.4 Å². The zero-order valence-corrected chi connectivity index (χ0v) is 23.4. The Morgan fingerprint density at radius 3 is 2.41 bits per heavy atom. The summed E-state index contributed by atoms with van der Waals surface area (Å²) in [5.41, 5.74) is -0.438. The molecule has 8 heteroatoms. The van der Waals surface area contributed by atoms with Crippen molar-refractivity contribution in [2.45, 2.75) is 115 Å². The fourth-order valence-electron chi connectivity index (χ4n) is 5.07. The predicted octanol–water partition coefficient (Wildman–Crippen LogP) is 5.10. The van der Waals surface area contributed by atoms with E-state index >= 15 is 0 Å². The highest BCUT2D eigenvalue weighted by molar-refractivity contribution is 5.79. The molecule has 1 saturated heterocycles. The molecule has 1 aromatic carbocycles. The first-order chi connectivity index (χ1) is 17.5. The van der Waals surface area contributed by atoms with E-state index in [4.69, 9.17) is 18.9 Å². The zero-order valence-electron chi connectivity index (χ0n) is 23.4. The van der Waals surface area contributed by atoms with Crippen LogP contribution in [0, 0.1) is 0 Å². The lowest BCUT2D eigenvalue weighted by atomic mass is 9.82. The van der Waals surface area contributed by atoms with Crippen LogP contribution in [0.15, 0.2) is 24.3 Å². The molecule has 1 aliphatic heterocycles. The van der Waals surface area contributed by atoms with Crippen molar-refractivity contribution in [2.75, 3.05) is 19.8 Å². The highest BCUT2D eigenvalue weighted by Crippen LogP contribution is 2.39. The van der Waals surface area contributed by atoms with Crippen molar-refractivity contribution < 1.29 is 28.5 Å². The van der Waals surface area contributed by atoms with Crippen molar-refractivity contribution in [1.29, 1.82) is 0 Å². The number of carbonyl (C=O) groups excluding carboxylic acids is 2. The highest BCUT2D eigenvalue weighted by atomic mass is 16.6. The third kappa shape index (κ3) is 8.88. The number of para-hydroxylation sites is 1. The minimum atomic E-state index is -1.05. The maximum Gasteiger partial charge on any atom is 0.407 e. The molecule has 37 heavy (non-hydrogen) atoms. The van der Waals surface area contributed by atoms with Crippen molar-refractivity contribution in [1.82, 2.24) is 10.6 Å². The standard InChI is InChI=1S/C29H46N2O6/c1-7-34-26(32)29(5,6)36-25-13-9-8-11-22(25)20-14-16-21(17-15-20)35-19-24-23(12-10-18-30-24)31-27(33)37-28(2,3)4/h8-9,11,13,20-21,23-24,30H,7,10,12,14-19H2,1-6H3,(H,31,33). The summed E-state index contributed by atoms with van der Waals surface area (Å²) < 4.78 is 23.1. The fraction of sp³-hybridized carbons (Fsp3) is 0.724. The minimum absolute atomic E-state index is 0.00767. The zero-order chi connectivity index (χ0) is 27.1. The second kappa shape index (κ2) is 13.0. The van der Waals surface area contributed by atoms with E-state index in [1.54, 1.807) is 20.8 Å². The van der Waals surface area contributed by atoms with E-state index in [2.05, 4.69) is 16.7 Å². The van der Waals surface area contributed by atoms with Gasteiger partial charge in [-0.2, -0.15) is 0 Å². The first-order valence-corrected chi connectivity index (χ1v) is 13.8.